The van der Waals surface area contributed by atoms with Crippen LogP contribution in [-0.4, -0.2) is 18.4 Å². The van der Waals surface area contributed by atoms with Gasteiger partial charge >= 0.3 is 0 Å². The van der Waals surface area contributed by atoms with Crippen LogP contribution in [0.15, 0.2) is 60.7 Å². The molecule has 0 fully saturated rings. The lowest BCUT2D eigenvalue weighted by Crippen LogP contribution is -2.38. The fourth-order valence-electron chi connectivity index (χ4n) is 3.61. The summed E-state index contributed by atoms with van der Waals surface area (Å²) in [4.78, 5) is 27.3. The Kier molecular flexibility index (Phi) is 4.42. The van der Waals surface area contributed by atoms with Crippen LogP contribution in [0.2, 0.25) is 0 Å². The largest absolute Gasteiger partial charge is 0.322 e. The predicted molar refractivity (Wildman–Crippen MR) is 114 cm³/mol. The molecule has 1 heterocycles. The molecule has 0 bridgehead atoms. The lowest BCUT2D eigenvalue weighted by Gasteiger charge is -2.26. The third-order valence-electron chi connectivity index (χ3n) is 5.14. The maximum atomic E-state index is 12.7. The Morgan fingerprint density at radius 2 is 1.68 bits per heavy atom. The van der Waals surface area contributed by atoms with Gasteiger partial charge < -0.3 is 10.2 Å². The Balaban J connectivity index is 1.59. The molecule has 0 unspecified atom stereocenters. The topological polar surface area (TPSA) is 49.4 Å². The predicted octanol–water partition coefficient (Wildman–Crippen LogP) is 5.03. The van der Waals surface area contributed by atoms with E-state index in [2.05, 4.69) is 5.32 Å². The number of fused-ring (bicyclic) bond motifs is 2. The first-order valence-corrected chi connectivity index (χ1v) is 9.58. The molecule has 28 heavy (non-hydrogen) atoms. The van der Waals surface area contributed by atoms with Crippen molar-refractivity contribution in [2.75, 3.05) is 16.8 Å². The minimum absolute atomic E-state index is 0.101. The molecule has 0 aromatic heterocycles. The molecule has 2 amide bonds. The molecule has 4 heteroatoms. The van der Waals surface area contributed by atoms with Crippen LogP contribution in [0.1, 0.15) is 36.7 Å². The van der Waals surface area contributed by atoms with E-state index in [0.29, 0.717) is 17.8 Å². The Morgan fingerprint density at radius 3 is 2.43 bits per heavy atom. The summed E-state index contributed by atoms with van der Waals surface area (Å²) in [5.74, 6) is -0.0540. The molecule has 0 saturated carbocycles. The summed E-state index contributed by atoms with van der Waals surface area (Å²) in [7, 11) is 0. The first-order valence-electron chi connectivity index (χ1n) is 9.58. The van der Waals surface area contributed by atoms with Crippen molar-refractivity contribution < 1.29 is 9.59 Å². The van der Waals surface area contributed by atoms with Crippen LogP contribution in [0.4, 0.5) is 11.4 Å². The first kappa shape index (κ1) is 18.2. The van der Waals surface area contributed by atoms with Crippen molar-refractivity contribution in [3.05, 3.63) is 71.8 Å². The van der Waals surface area contributed by atoms with Gasteiger partial charge in [-0.25, -0.2) is 0 Å². The molecular formula is C24H24N2O2. The van der Waals surface area contributed by atoms with Crippen molar-refractivity contribution in [1.82, 2.24) is 0 Å². The van der Waals surface area contributed by atoms with E-state index in [1.165, 1.54) is 0 Å². The number of nitrogens with zero attached hydrogens (tertiary/aromatic N) is 1. The van der Waals surface area contributed by atoms with Gasteiger partial charge in [0, 0.05) is 28.9 Å². The fourth-order valence-corrected chi connectivity index (χ4v) is 3.61. The molecule has 4 rings (SSSR count). The van der Waals surface area contributed by atoms with E-state index in [-0.39, 0.29) is 11.8 Å². The summed E-state index contributed by atoms with van der Waals surface area (Å²) in [6.07, 6.45) is 0.843. The molecule has 1 aliphatic rings. The first-order chi connectivity index (χ1) is 13.3. The van der Waals surface area contributed by atoms with Crippen LogP contribution in [0.5, 0.6) is 0 Å². The molecule has 0 spiro atoms. The number of amides is 2. The van der Waals surface area contributed by atoms with Gasteiger partial charge in [-0.05, 0) is 47.0 Å². The van der Waals surface area contributed by atoms with E-state index in [1.807, 2.05) is 86.3 Å². The standard InChI is InChI=1S/C24H24N2O2/c1-24(2,3)23(28)26-13-12-17-10-11-20(15-21(17)26)25-22(27)19-9-8-16-6-4-5-7-18(16)14-19/h4-11,14-15H,12-13H2,1-3H3,(H,25,27). The molecule has 0 saturated heterocycles. The van der Waals surface area contributed by atoms with E-state index in [0.717, 1.165) is 28.4 Å². The molecule has 3 aromatic carbocycles. The van der Waals surface area contributed by atoms with Gasteiger partial charge in [0.15, 0.2) is 0 Å². The second-order valence-electron chi connectivity index (χ2n) is 8.32. The van der Waals surface area contributed by atoms with Gasteiger partial charge in [0.2, 0.25) is 5.91 Å². The molecule has 1 N–H and O–H groups in total. The zero-order valence-corrected chi connectivity index (χ0v) is 16.5. The minimum atomic E-state index is -0.439. The third kappa shape index (κ3) is 3.38. The van der Waals surface area contributed by atoms with Crippen molar-refractivity contribution in [3.63, 3.8) is 0 Å². The Hall–Kier alpha value is -3.14. The van der Waals surface area contributed by atoms with Gasteiger partial charge in [0.25, 0.3) is 5.91 Å². The van der Waals surface area contributed by atoms with Crippen molar-refractivity contribution in [2.24, 2.45) is 5.41 Å². The Bertz CT molecular complexity index is 1080. The molecule has 0 aliphatic carbocycles. The average molecular weight is 372 g/mol. The van der Waals surface area contributed by atoms with E-state index in [9.17, 15) is 9.59 Å². The lowest BCUT2D eigenvalue weighted by molar-refractivity contribution is -0.125. The highest BCUT2D eigenvalue weighted by Crippen LogP contribution is 2.34. The normalized spacial score (nSPS) is 13.5. The van der Waals surface area contributed by atoms with Crippen molar-refractivity contribution in [3.8, 4) is 0 Å². The van der Waals surface area contributed by atoms with Gasteiger partial charge in [-0.2, -0.15) is 0 Å². The van der Waals surface area contributed by atoms with Gasteiger partial charge in [-0.15, -0.1) is 0 Å². The number of carbonyl (C=O) groups excluding carboxylic acids is 2. The Labute approximate surface area is 165 Å². The van der Waals surface area contributed by atoms with Crippen LogP contribution >= 0.6 is 0 Å². The van der Waals surface area contributed by atoms with Gasteiger partial charge in [-0.1, -0.05) is 57.2 Å². The van der Waals surface area contributed by atoms with E-state index >= 15 is 0 Å². The van der Waals surface area contributed by atoms with Crippen molar-refractivity contribution >= 4 is 34.0 Å². The Morgan fingerprint density at radius 1 is 0.929 bits per heavy atom. The van der Waals surface area contributed by atoms with Crippen LogP contribution in [-0.2, 0) is 11.2 Å². The van der Waals surface area contributed by atoms with Crippen molar-refractivity contribution in [1.29, 1.82) is 0 Å². The fraction of sp³-hybridized carbons (Fsp3) is 0.250. The van der Waals surface area contributed by atoms with Crippen LogP contribution in [0, 0.1) is 5.41 Å². The highest BCUT2D eigenvalue weighted by Gasteiger charge is 2.32. The highest BCUT2D eigenvalue weighted by atomic mass is 16.2. The molecule has 0 radical (unpaired) electrons. The van der Waals surface area contributed by atoms with Crippen LogP contribution in [0.25, 0.3) is 10.8 Å². The number of hydrogen-bond donors (Lipinski definition) is 1. The summed E-state index contributed by atoms with van der Waals surface area (Å²) in [5.41, 5.74) is 2.91. The van der Waals surface area contributed by atoms with E-state index < -0.39 is 5.41 Å². The monoisotopic (exact) mass is 372 g/mol. The summed E-state index contributed by atoms with van der Waals surface area (Å²) < 4.78 is 0. The molecule has 3 aromatic rings. The molecule has 142 valence electrons. The SMILES string of the molecule is CC(C)(C)C(=O)N1CCc2ccc(NC(=O)c3ccc4ccccc4c3)cc21. The highest BCUT2D eigenvalue weighted by molar-refractivity contribution is 6.07. The number of anilines is 2. The maximum absolute atomic E-state index is 12.7. The number of carbonyl (C=O) groups is 2. The summed E-state index contributed by atoms with van der Waals surface area (Å²) in [5, 5.41) is 5.11. The zero-order valence-electron chi connectivity index (χ0n) is 16.5. The molecule has 4 nitrogen and oxygen atoms in total. The van der Waals surface area contributed by atoms with Crippen molar-refractivity contribution in [2.45, 2.75) is 27.2 Å². The summed E-state index contributed by atoms with van der Waals surface area (Å²) in [6.45, 7) is 6.48. The molecular weight excluding hydrogens is 348 g/mol. The summed E-state index contributed by atoms with van der Waals surface area (Å²) in [6, 6.07) is 19.5. The smallest absolute Gasteiger partial charge is 0.255 e. The lowest BCUT2D eigenvalue weighted by atomic mass is 9.94. The van der Waals surface area contributed by atoms with Gasteiger partial charge in [0.1, 0.15) is 0 Å². The van der Waals surface area contributed by atoms with Crippen LogP contribution < -0.4 is 10.2 Å². The van der Waals surface area contributed by atoms with E-state index in [4.69, 9.17) is 0 Å². The maximum Gasteiger partial charge on any atom is 0.255 e. The number of benzene rings is 3. The van der Waals surface area contributed by atoms with Gasteiger partial charge in [-0.3, -0.25) is 9.59 Å². The minimum Gasteiger partial charge on any atom is -0.322 e. The van der Waals surface area contributed by atoms with Crippen LogP contribution in [0.3, 0.4) is 0 Å². The molecule has 0 atom stereocenters. The second-order valence-corrected chi connectivity index (χ2v) is 8.32. The number of rotatable bonds is 2. The summed E-state index contributed by atoms with van der Waals surface area (Å²) >= 11 is 0. The zero-order chi connectivity index (χ0) is 19.9. The van der Waals surface area contributed by atoms with Gasteiger partial charge in [0.05, 0.1) is 0 Å². The average Bonchev–Trinajstić information content (AvgIpc) is 3.09. The molecule has 1 aliphatic heterocycles. The number of hydrogen-bond acceptors (Lipinski definition) is 2. The van der Waals surface area contributed by atoms with E-state index in [1.54, 1.807) is 0 Å². The second kappa shape index (κ2) is 6.79. The third-order valence-corrected chi connectivity index (χ3v) is 5.14. The quantitative estimate of drug-likeness (QED) is 0.686. The number of nitrogens with one attached hydrogen (secondary N) is 1.